The van der Waals surface area contributed by atoms with Gasteiger partial charge in [0.25, 0.3) is 0 Å². The Balaban J connectivity index is 1.89. The van der Waals surface area contributed by atoms with Gasteiger partial charge in [0.15, 0.2) is 6.10 Å². The molecule has 0 aliphatic heterocycles. The lowest BCUT2D eigenvalue weighted by Crippen LogP contribution is -2.41. The molecule has 0 saturated carbocycles. The zero-order valence-corrected chi connectivity index (χ0v) is 19.8. The van der Waals surface area contributed by atoms with E-state index in [0.29, 0.717) is 0 Å². The monoisotopic (exact) mass is 573 g/mol. The number of aromatic nitrogens is 2. The standard InChI is InChI=1S/C22H16Cl2F7N3O3/c23-15-5-4-13(9-16(15)24)36-18-6-7-32-20(33-18)34(11-17(35)21(27,28)29)10-12-2-1-3-14(8-12)37-22(30,31)19(25)26/h1-9,17,19,35H,10-11H2/t17-/m1/s1. The van der Waals surface area contributed by atoms with Crippen LogP contribution in [0, 0.1) is 0 Å². The first-order valence-electron chi connectivity index (χ1n) is 10.1. The molecule has 15 heteroatoms. The second kappa shape index (κ2) is 11.6. The Kier molecular flexibility index (Phi) is 8.92. The van der Waals surface area contributed by atoms with E-state index < -0.39 is 43.7 Å². The van der Waals surface area contributed by atoms with Gasteiger partial charge in [0.2, 0.25) is 11.8 Å². The highest BCUT2D eigenvalue weighted by atomic mass is 35.5. The molecule has 3 aromatic rings. The third kappa shape index (κ3) is 7.98. The quantitative estimate of drug-likeness (QED) is 0.271. The number of benzene rings is 2. The third-order valence-electron chi connectivity index (χ3n) is 4.56. The van der Waals surface area contributed by atoms with Crippen LogP contribution in [0.25, 0.3) is 0 Å². The number of aliphatic hydroxyl groups is 1. The molecule has 1 heterocycles. The number of anilines is 1. The number of nitrogens with zero attached hydrogens (tertiary/aromatic N) is 3. The van der Waals surface area contributed by atoms with Crippen molar-refractivity contribution in [1.82, 2.24) is 9.97 Å². The van der Waals surface area contributed by atoms with Crippen LogP contribution < -0.4 is 14.4 Å². The molecule has 6 nitrogen and oxygen atoms in total. The van der Waals surface area contributed by atoms with E-state index >= 15 is 0 Å². The Labute approximate surface area is 215 Å². The Bertz CT molecular complexity index is 1220. The molecule has 37 heavy (non-hydrogen) atoms. The van der Waals surface area contributed by atoms with Crippen LogP contribution in [-0.4, -0.2) is 46.4 Å². The Morgan fingerprint density at radius 3 is 2.32 bits per heavy atom. The molecule has 0 amide bonds. The second-order valence-corrected chi connectivity index (χ2v) is 8.24. The molecule has 1 atom stereocenters. The fourth-order valence-corrected chi connectivity index (χ4v) is 3.15. The van der Waals surface area contributed by atoms with Crippen molar-refractivity contribution in [3.8, 4) is 17.4 Å². The lowest BCUT2D eigenvalue weighted by Gasteiger charge is -2.27. The van der Waals surface area contributed by atoms with Crippen molar-refractivity contribution in [1.29, 1.82) is 0 Å². The maximum atomic E-state index is 13.3. The van der Waals surface area contributed by atoms with Crippen molar-refractivity contribution in [2.75, 3.05) is 11.4 Å². The molecule has 1 aromatic heterocycles. The molecular formula is C22H16Cl2F7N3O3. The first-order chi connectivity index (χ1) is 17.2. The van der Waals surface area contributed by atoms with Crippen LogP contribution in [0.3, 0.4) is 0 Å². The molecular weight excluding hydrogens is 558 g/mol. The van der Waals surface area contributed by atoms with E-state index in [-0.39, 0.29) is 33.2 Å². The van der Waals surface area contributed by atoms with Crippen LogP contribution in [0.1, 0.15) is 5.56 Å². The molecule has 2 aromatic carbocycles. The van der Waals surface area contributed by atoms with Crippen molar-refractivity contribution in [2.45, 2.75) is 31.4 Å². The average Bonchev–Trinajstić information content (AvgIpc) is 2.80. The van der Waals surface area contributed by atoms with E-state index in [1.807, 2.05) is 0 Å². The summed E-state index contributed by atoms with van der Waals surface area (Å²) in [5.74, 6) is -0.892. The number of hydrogen-bond donors (Lipinski definition) is 1. The number of aliphatic hydroxyl groups excluding tert-OH is 1. The van der Waals surface area contributed by atoms with E-state index in [0.717, 1.165) is 17.0 Å². The van der Waals surface area contributed by atoms with Crippen LogP contribution in [0.5, 0.6) is 17.4 Å². The van der Waals surface area contributed by atoms with Gasteiger partial charge >= 0.3 is 18.7 Å². The van der Waals surface area contributed by atoms with Gasteiger partial charge < -0.3 is 19.5 Å². The molecule has 0 spiro atoms. The van der Waals surface area contributed by atoms with Gasteiger partial charge in [0.1, 0.15) is 11.5 Å². The third-order valence-corrected chi connectivity index (χ3v) is 5.30. The summed E-state index contributed by atoms with van der Waals surface area (Å²) >= 11 is 11.8. The lowest BCUT2D eigenvalue weighted by atomic mass is 10.2. The minimum absolute atomic E-state index is 0.0661. The lowest BCUT2D eigenvalue weighted by molar-refractivity contribution is -0.253. The predicted molar refractivity (Wildman–Crippen MR) is 120 cm³/mol. The van der Waals surface area contributed by atoms with E-state index in [9.17, 15) is 35.8 Å². The number of hydrogen-bond acceptors (Lipinski definition) is 6. The van der Waals surface area contributed by atoms with Crippen molar-refractivity contribution in [3.63, 3.8) is 0 Å². The fraction of sp³-hybridized carbons (Fsp3) is 0.273. The Morgan fingerprint density at radius 2 is 1.68 bits per heavy atom. The first kappa shape index (κ1) is 28.5. The van der Waals surface area contributed by atoms with Crippen molar-refractivity contribution in [3.05, 3.63) is 70.3 Å². The van der Waals surface area contributed by atoms with Crippen LogP contribution >= 0.6 is 23.2 Å². The van der Waals surface area contributed by atoms with Crippen LogP contribution in [-0.2, 0) is 6.54 Å². The molecule has 200 valence electrons. The van der Waals surface area contributed by atoms with E-state index in [2.05, 4.69) is 14.7 Å². The topological polar surface area (TPSA) is 67.7 Å². The minimum Gasteiger partial charge on any atom is -0.439 e. The molecule has 0 fully saturated rings. The summed E-state index contributed by atoms with van der Waals surface area (Å²) in [7, 11) is 0. The van der Waals surface area contributed by atoms with Gasteiger partial charge in [-0.2, -0.15) is 35.7 Å². The smallest absolute Gasteiger partial charge is 0.439 e. The molecule has 0 unspecified atom stereocenters. The highest BCUT2D eigenvalue weighted by Crippen LogP contribution is 2.31. The second-order valence-electron chi connectivity index (χ2n) is 7.42. The van der Waals surface area contributed by atoms with Gasteiger partial charge in [-0.05, 0) is 29.8 Å². The average molecular weight is 574 g/mol. The van der Waals surface area contributed by atoms with E-state index in [1.165, 1.54) is 42.6 Å². The number of alkyl halides is 7. The predicted octanol–water partition coefficient (Wildman–Crippen LogP) is 6.74. The maximum absolute atomic E-state index is 13.3. The molecule has 0 saturated heterocycles. The maximum Gasteiger partial charge on any atom is 0.461 e. The summed E-state index contributed by atoms with van der Waals surface area (Å²) in [5, 5.41) is 10.1. The first-order valence-corrected chi connectivity index (χ1v) is 10.9. The van der Waals surface area contributed by atoms with Crippen LogP contribution in [0.4, 0.5) is 36.7 Å². The summed E-state index contributed by atoms with van der Waals surface area (Å²) < 4.78 is 100. The molecule has 1 N–H and O–H groups in total. The minimum atomic E-state index is -5.00. The van der Waals surface area contributed by atoms with E-state index in [1.54, 1.807) is 0 Å². The van der Waals surface area contributed by atoms with Gasteiger partial charge in [-0.3, -0.25) is 0 Å². The summed E-state index contributed by atoms with van der Waals surface area (Å²) in [5.41, 5.74) is 0.0661. The van der Waals surface area contributed by atoms with Gasteiger partial charge in [-0.25, -0.2) is 4.98 Å². The summed E-state index contributed by atoms with van der Waals surface area (Å²) in [6.45, 7) is -1.52. The zero-order valence-electron chi connectivity index (χ0n) is 18.3. The van der Waals surface area contributed by atoms with Crippen LogP contribution in [0.2, 0.25) is 10.0 Å². The summed E-state index contributed by atoms with van der Waals surface area (Å²) in [6, 6.07) is 9.96. The van der Waals surface area contributed by atoms with Crippen LogP contribution in [0.15, 0.2) is 54.7 Å². The highest BCUT2D eigenvalue weighted by Gasteiger charge is 2.44. The van der Waals surface area contributed by atoms with Gasteiger partial charge in [-0.15, -0.1) is 0 Å². The number of rotatable bonds is 10. The largest absolute Gasteiger partial charge is 0.461 e. The molecule has 0 aliphatic rings. The Hall–Kier alpha value is -3.03. The highest BCUT2D eigenvalue weighted by molar-refractivity contribution is 6.42. The summed E-state index contributed by atoms with van der Waals surface area (Å²) in [4.78, 5) is 8.85. The SMILES string of the molecule is O[C@H](CN(Cc1cccc(OC(F)(F)C(F)F)c1)c1nccc(Oc2ccc(Cl)c(Cl)c2)n1)C(F)(F)F. The molecule has 3 rings (SSSR count). The van der Waals surface area contributed by atoms with Crippen molar-refractivity contribution in [2.24, 2.45) is 0 Å². The van der Waals surface area contributed by atoms with Gasteiger partial charge in [-0.1, -0.05) is 35.3 Å². The normalized spacial score (nSPS) is 12.9. The zero-order chi connectivity index (χ0) is 27.4. The van der Waals surface area contributed by atoms with Gasteiger partial charge in [0, 0.05) is 24.9 Å². The molecule has 0 radical (unpaired) electrons. The van der Waals surface area contributed by atoms with Crippen molar-refractivity contribution < 1.29 is 45.3 Å². The Morgan fingerprint density at radius 1 is 0.946 bits per heavy atom. The van der Waals surface area contributed by atoms with Gasteiger partial charge in [0.05, 0.1) is 16.6 Å². The van der Waals surface area contributed by atoms with Crippen molar-refractivity contribution >= 4 is 29.2 Å². The number of ether oxygens (including phenoxy) is 2. The van der Waals surface area contributed by atoms with E-state index in [4.69, 9.17) is 27.9 Å². The fourth-order valence-electron chi connectivity index (χ4n) is 2.86. The molecule has 0 aliphatic carbocycles. The number of halogens is 9. The molecule has 0 bridgehead atoms. The summed E-state index contributed by atoms with van der Waals surface area (Å²) in [6.07, 6.45) is -15.6.